The van der Waals surface area contributed by atoms with Crippen LogP contribution < -0.4 is 10.7 Å². The molecule has 1 atom stereocenters. The first-order valence-corrected chi connectivity index (χ1v) is 15.5. The molecular formula is C38H16F12N4. The first-order valence-electron chi connectivity index (χ1n) is 15.5. The molecule has 0 heterocycles. The van der Waals surface area contributed by atoms with E-state index in [1.807, 2.05) is 0 Å². The fourth-order valence-electron chi connectivity index (χ4n) is 6.98. The Morgan fingerprint density at radius 2 is 0.981 bits per heavy atom. The van der Waals surface area contributed by atoms with E-state index < -0.39 is 58.4 Å². The first kappa shape index (κ1) is 36.2. The zero-order valence-electron chi connectivity index (χ0n) is 26.6. The van der Waals surface area contributed by atoms with Crippen LogP contribution in [-0.4, -0.2) is 0 Å². The second-order valence-corrected chi connectivity index (χ2v) is 12.5. The van der Waals surface area contributed by atoms with E-state index in [1.165, 1.54) is 36.4 Å². The average molecular weight is 757 g/mol. The van der Waals surface area contributed by atoms with Crippen molar-refractivity contribution in [1.82, 2.24) is 0 Å². The predicted molar refractivity (Wildman–Crippen MR) is 171 cm³/mol. The summed E-state index contributed by atoms with van der Waals surface area (Å²) in [6, 6.07) is 9.64. The maximum atomic E-state index is 13.6. The third kappa shape index (κ3) is 6.21. The quantitative estimate of drug-likeness (QED) is 0.130. The van der Waals surface area contributed by atoms with Crippen molar-refractivity contribution in [1.29, 1.82) is 10.5 Å². The SMILES string of the molecule is N#CN=c1c2c(c3cc4c(cc13)c(=NC#N)c1cc(-c3cc(C(F)(F)F)cc(C(F)(F)F)c3)ccc14)C=CC(c1cc(C(F)(F)F)cc(C(F)(F)F)c1)C2. The number of rotatable bonds is 2. The average Bonchev–Trinajstić information content (AvgIpc) is 3.56. The van der Waals surface area contributed by atoms with Crippen LogP contribution in [0.3, 0.4) is 0 Å². The van der Waals surface area contributed by atoms with Crippen molar-refractivity contribution in [3.05, 3.63) is 122 Å². The van der Waals surface area contributed by atoms with Crippen LogP contribution in [0.2, 0.25) is 0 Å². The van der Waals surface area contributed by atoms with Gasteiger partial charge in [0.1, 0.15) is 0 Å². The summed E-state index contributed by atoms with van der Waals surface area (Å²) in [4.78, 5) is 7.82. The fraction of sp³-hybridized carbons (Fsp3) is 0.158. The number of hydrogen-bond acceptors (Lipinski definition) is 4. The van der Waals surface area contributed by atoms with E-state index in [2.05, 4.69) is 9.98 Å². The van der Waals surface area contributed by atoms with Gasteiger partial charge < -0.3 is 0 Å². The van der Waals surface area contributed by atoms with Crippen molar-refractivity contribution in [3.63, 3.8) is 0 Å². The number of fused-ring (bicyclic) bond motifs is 6. The summed E-state index contributed by atoms with van der Waals surface area (Å²) in [5.41, 5.74) is -5.93. The van der Waals surface area contributed by atoms with Crippen LogP contribution in [0, 0.1) is 22.9 Å². The van der Waals surface area contributed by atoms with Crippen molar-refractivity contribution in [2.24, 2.45) is 9.98 Å². The van der Waals surface area contributed by atoms with Gasteiger partial charge in [-0.1, -0.05) is 24.3 Å². The number of benzene rings is 4. The van der Waals surface area contributed by atoms with E-state index in [-0.39, 0.29) is 45.8 Å². The first-order chi connectivity index (χ1) is 25.2. The third-order valence-corrected chi connectivity index (χ3v) is 9.34. The van der Waals surface area contributed by atoms with Crippen LogP contribution in [0.5, 0.6) is 0 Å². The summed E-state index contributed by atoms with van der Waals surface area (Å²) in [5, 5.41) is 21.4. The maximum absolute atomic E-state index is 13.6. The van der Waals surface area contributed by atoms with Gasteiger partial charge >= 0.3 is 24.7 Å². The summed E-state index contributed by atoms with van der Waals surface area (Å²) in [5.74, 6) is -0.985. The van der Waals surface area contributed by atoms with E-state index in [1.54, 1.807) is 18.5 Å². The molecular weight excluding hydrogens is 740 g/mol. The molecule has 0 N–H and O–H groups in total. The molecule has 0 bridgehead atoms. The molecule has 1 aliphatic carbocycles. The van der Waals surface area contributed by atoms with Crippen LogP contribution >= 0.6 is 0 Å². The number of allylic oxidation sites excluding steroid dienone is 1. The lowest BCUT2D eigenvalue weighted by atomic mass is 9.85. The highest BCUT2D eigenvalue weighted by Gasteiger charge is 2.39. The summed E-state index contributed by atoms with van der Waals surface area (Å²) >= 11 is 0. The molecule has 0 fully saturated rings. The topological polar surface area (TPSA) is 72.3 Å². The highest BCUT2D eigenvalue weighted by Crippen LogP contribution is 2.43. The van der Waals surface area contributed by atoms with Crippen LogP contribution in [0.15, 0.2) is 82.8 Å². The zero-order chi connectivity index (χ0) is 39.1. The molecule has 6 aromatic rings. The molecule has 0 saturated carbocycles. The van der Waals surface area contributed by atoms with Gasteiger partial charge in [-0.2, -0.15) is 73.2 Å². The van der Waals surface area contributed by atoms with E-state index >= 15 is 0 Å². The van der Waals surface area contributed by atoms with Crippen molar-refractivity contribution in [2.75, 3.05) is 0 Å². The lowest BCUT2D eigenvalue weighted by Crippen LogP contribution is -2.16. The van der Waals surface area contributed by atoms with Gasteiger partial charge in [0.15, 0.2) is 0 Å². The third-order valence-electron chi connectivity index (χ3n) is 9.34. The molecule has 0 radical (unpaired) electrons. The van der Waals surface area contributed by atoms with Crippen molar-refractivity contribution in [3.8, 4) is 23.5 Å². The highest BCUT2D eigenvalue weighted by molar-refractivity contribution is 6.17. The van der Waals surface area contributed by atoms with Crippen LogP contribution in [0.25, 0.3) is 49.5 Å². The number of nitriles is 2. The molecule has 0 saturated heterocycles. The van der Waals surface area contributed by atoms with Crippen molar-refractivity contribution < 1.29 is 52.7 Å². The van der Waals surface area contributed by atoms with Crippen LogP contribution in [-0.2, 0) is 31.1 Å². The largest absolute Gasteiger partial charge is 0.416 e. The Labute approximate surface area is 294 Å². The Morgan fingerprint density at radius 1 is 0.500 bits per heavy atom. The smallest absolute Gasteiger partial charge is 0.173 e. The van der Waals surface area contributed by atoms with E-state index in [4.69, 9.17) is 0 Å². The lowest BCUT2D eigenvalue weighted by molar-refractivity contribution is -0.144. The summed E-state index contributed by atoms with van der Waals surface area (Å²) in [6.07, 6.45) is -14.2. The monoisotopic (exact) mass is 756 g/mol. The maximum Gasteiger partial charge on any atom is 0.416 e. The van der Waals surface area contributed by atoms with Gasteiger partial charge in [0.25, 0.3) is 0 Å². The second-order valence-electron chi connectivity index (χ2n) is 12.5. The molecule has 54 heavy (non-hydrogen) atoms. The number of alkyl halides is 12. The molecule has 0 amide bonds. The summed E-state index contributed by atoms with van der Waals surface area (Å²) in [6.45, 7) is 0. The molecule has 16 heteroatoms. The minimum absolute atomic E-state index is 0.00144. The summed E-state index contributed by atoms with van der Waals surface area (Å²) < 4.78 is 163. The van der Waals surface area contributed by atoms with Gasteiger partial charge in [0, 0.05) is 22.1 Å². The van der Waals surface area contributed by atoms with Gasteiger partial charge in [0.2, 0.25) is 12.4 Å². The number of halogens is 12. The highest BCUT2D eigenvalue weighted by atomic mass is 19.4. The van der Waals surface area contributed by atoms with Crippen molar-refractivity contribution >= 4 is 38.4 Å². The number of nitrogens with zero attached hydrogens (tertiary/aromatic N) is 4. The van der Waals surface area contributed by atoms with Gasteiger partial charge in [-0.25, -0.2) is 0 Å². The number of hydrogen-bond donors (Lipinski definition) is 0. The van der Waals surface area contributed by atoms with Crippen LogP contribution in [0.1, 0.15) is 44.9 Å². The Kier molecular flexibility index (Phi) is 8.18. The molecule has 1 unspecified atom stereocenters. The molecule has 0 aliphatic heterocycles. The normalized spacial score (nSPS) is 16.0. The summed E-state index contributed by atoms with van der Waals surface area (Å²) in [7, 11) is 0. The predicted octanol–water partition coefficient (Wildman–Crippen LogP) is 10.9. The van der Waals surface area contributed by atoms with E-state index in [0.717, 1.165) is 0 Å². The Morgan fingerprint density at radius 3 is 1.52 bits per heavy atom. The second kappa shape index (κ2) is 12.2. The molecule has 7 rings (SSSR count). The zero-order valence-corrected chi connectivity index (χ0v) is 26.6. The molecule has 4 nitrogen and oxygen atoms in total. The standard InChI is InChI=1S/C38H16F12N4/c39-35(40,41)21-5-19(6-22(11-21)36(42,43)44)17-1-3-25-27-13-28-26-4-2-18(20-7-23(37(45,46)47)12-24(8-20)38(48,49)50)10-30(26)34(54-16-52)32(28)14-31(27)33(53-15-51)29(25)9-17/h1-9,11-14,18H,10H2. The molecule has 0 aromatic heterocycles. The van der Waals surface area contributed by atoms with E-state index in [9.17, 15) is 63.2 Å². The Bertz CT molecular complexity index is 2710. The van der Waals surface area contributed by atoms with Crippen LogP contribution in [0.4, 0.5) is 52.7 Å². The molecule has 272 valence electrons. The fourth-order valence-corrected chi connectivity index (χ4v) is 6.98. The Hall–Kier alpha value is -6.16. The van der Waals surface area contributed by atoms with Crippen molar-refractivity contribution in [2.45, 2.75) is 37.0 Å². The molecule has 0 spiro atoms. The molecule has 6 aromatic carbocycles. The van der Waals surface area contributed by atoms with Gasteiger partial charge in [-0.05, 0) is 105 Å². The molecule has 1 aliphatic rings. The minimum Gasteiger partial charge on any atom is -0.173 e. The van der Waals surface area contributed by atoms with Gasteiger partial charge in [0.05, 0.1) is 33.0 Å². The lowest BCUT2D eigenvalue weighted by Gasteiger charge is -2.21. The Balaban J connectivity index is 1.42. The van der Waals surface area contributed by atoms with Gasteiger partial charge in [-0.15, -0.1) is 0 Å². The minimum atomic E-state index is -5.10. The van der Waals surface area contributed by atoms with E-state index in [0.29, 0.717) is 62.3 Å². The van der Waals surface area contributed by atoms with Gasteiger partial charge in [-0.3, -0.25) is 0 Å².